The molecule has 1 heterocycles. The Labute approximate surface area is 154 Å². The lowest BCUT2D eigenvalue weighted by molar-refractivity contribution is 0.621. The number of hydrogen-bond acceptors (Lipinski definition) is 3. The second-order valence-corrected chi connectivity index (χ2v) is 6.46. The second-order valence-electron chi connectivity index (χ2n) is 5.61. The van der Waals surface area contributed by atoms with Crippen LogP contribution in [0.15, 0.2) is 53.0 Å². The van der Waals surface area contributed by atoms with Crippen molar-refractivity contribution >= 4 is 21.7 Å². The number of aromatic nitrogens is 1. The van der Waals surface area contributed by atoms with Gasteiger partial charge >= 0.3 is 0 Å². The van der Waals surface area contributed by atoms with Crippen LogP contribution in [-0.4, -0.2) is 4.98 Å². The van der Waals surface area contributed by atoms with Crippen molar-refractivity contribution in [2.75, 3.05) is 5.73 Å². The third-order valence-electron chi connectivity index (χ3n) is 4.05. The summed E-state index contributed by atoms with van der Waals surface area (Å²) in [6.07, 6.45) is 0.956. The summed E-state index contributed by atoms with van der Waals surface area (Å²) < 4.78 is 13.9. The Morgan fingerprint density at radius 3 is 2.40 bits per heavy atom. The molecule has 2 N–H and O–H groups in total. The third kappa shape index (κ3) is 3.40. The largest absolute Gasteiger partial charge is 0.383 e. The Kier molecular flexibility index (Phi) is 4.82. The van der Waals surface area contributed by atoms with Crippen molar-refractivity contribution in [2.45, 2.75) is 13.3 Å². The zero-order valence-electron chi connectivity index (χ0n) is 13.6. The van der Waals surface area contributed by atoms with E-state index < -0.39 is 0 Å². The van der Waals surface area contributed by atoms with Gasteiger partial charge in [0.2, 0.25) is 0 Å². The average molecular weight is 396 g/mol. The molecule has 3 nitrogen and oxygen atoms in total. The maximum absolute atomic E-state index is 13.5. The first-order chi connectivity index (χ1) is 12.0. The second kappa shape index (κ2) is 7.04. The number of halogens is 2. The molecule has 124 valence electrons. The number of anilines is 1. The van der Waals surface area contributed by atoms with Crippen LogP contribution in [0.3, 0.4) is 0 Å². The van der Waals surface area contributed by atoms with Crippen molar-refractivity contribution in [3.8, 4) is 28.5 Å². The van der Waals surface area contributed by atoms with Crippen LogP contribution in [0.25, 0.3) is 22.4 Å². The number of pyridine rings is 1. The number of aryl methyl sites for hydroxylation is 1. The lowest BCUT2D eigenvalue weighted by atomic mass is 9.98. The third-order valence-corrected chi connectivity index (χ3v) is 4.66. The summed E-state index contributed by atoms with van der Waals surface area (Å²) in [5.74, 6) is -0.199. The van der Waals surface area contributed by atoms with E-state index in [0.717, 1.165) is 12.0 Å². The maximum Gasteiger partial charge on any atom is 0.142 e. The fourth-order valence-corrected chi connectivity index (χ4v) is 3.01. The van der Waals surface area contributed by atoms with Crippen LogP contribution in [0.1, 0.15) is 18.1 Å². The van der Waals surface area contributed by atoms with Gasteiger partial charge in [-0.2, -0.15) is 5.26 Å². The van der Waals surface area contributed by atoms with Gasteiger partial charge in [0.25, 0.3) is 0 Å². The monoisotopic (exact) mass is 395 g/mol. The highest BCUT2D eigenvalue weighted by Gasteiger charge is 2.14. The van der Waals surface area contributed by atoms with Crippen molar-refractivity contribution in [1.29, 1.82) is 5.26 Å². The molecule has 0 aliphatic carbocycles. The smallest absolute Gasteiger partial charge is 0.142 e. The highest BCUT2D eigenvalue weighted by Crippen LogP contribution is 2.33. The zero-order valence-corrected chi connectivity index (χ0v) is 15.1. The van der Waals surface area contributed by atoms with Crippen molar-refractivity contribution in [3.05, 3.63) is 69.9 Å². The number of nitrogens with zero attached hydrogens (tertiary/aromatic N) is 2. The molecule has 0 fully saturated rings. The summed E-state index contributed by atoms with van der Waals surface area (Å²) in [6.45, 7) is 2.09. The van der Waals surface area contributed by atoms with Gasteiger partial charge in [0.15, 0.2) is 0 Å². The first-order valence-corrected chi connectivity index (χ1v) is 8.58. The highest BCUT2D eigenvalue weighted by atomic mass is 79.9. The molecule has 1 aromatic heterocycles. The van der Waals surface area contributed by atoms with E-state index in [0.29, 0.717) is 21.3 Å². The lowest BCUT2D eigenvalue weighted by Crippen LogP contribution is -2.00. The Morgan fingerprint density at radius 1 is 1.12 bits per heavy atom. The normalized spacial score (nSPS) is 10.5. The van der Waals surface area contributed by atoms with Crippen LogP contribution in [-0.2, 0) is 6.42 Å². The summed E-state index contributed by atoms with van der Waals surface area (Å²) in [5, 5.41) is 9.46. The standard InChI is InChI=1S/C20H15BrFN3/c1-2-12-3-5-13(6-4-12)19-10-15(16(11-23)20(24)25-19)14-7-8-18(22)17(21)9-14/h3-10H,2H2,1H3,(H2,24,25). The van der Waals surface area contributed by atoms with E-state index in [9.17, 15) is 9.65 Å². The molecule has 0 spiro atoms. The quantitative estimate of drug-likeness (QED) is 0.651. The molecule has 0 aliphatic heterocycles. The molecule has 25 heavy (non-hydrogen) atoms. The minimum absolute atomic E-state index is 0.162. The lowest BCUT2D eigenvalue weighted by Gasteiger charge is -2.11. The van der Waals surface area contributed by atoms with Crippen LogP contribution in [0.5, 0.6) is 0 Å². The molecule has 5 heteroatoms. The van der Waals surface area contributed by atoms with E-state index in [1.54, 1.807) is 12.1 Å². The summed E-state index contributed by atoms with van der Waals surface area (Å²) in [7, 11) is 0. The molecule has 3 rings (SSSR count). The summed E-state index contributed by atoms with van der Waals surface area (Å²) >= 11 is 3.18. The van der Waals surface area contributed by atoms with Gasteiger partial charge in [-0.25, -0.2) is 9.37 Å². The topological polar surface area (TPSA) is 62.7 Å². The van der Waals surface area contributed by atoms with E-state index in [1.807, 2.05) is 30.3 Å². The Balaban J connectivity index is 2.18. The molecule has 2 aromatic carbocycles. The molecule has 0 bridgehead atoms. The van der Waals surface area contributed by atoms with Gasteiger partial charge < -0.3 is 5.73 Å². The zero-order chi connectivity index (χ0) is 18.0. The van der Waals surface area contributed by atoms with E-state index >= 15 is 0 Å². The molecule has 0 atom stereocenters. The molecular weight excluding hydrogens is 381 g/mol. The minimum Gasteiger partial charge on any atom is -0.383 e. The molecule has 0 unspecified atom stereocenters. The van der Waals surface area contributed by atoms with Crippen LogP contribution >= 0.6 is 15.9 Å². The van der Waals surface area contributed by atoms with Crippen LogP contribution in [0, 0.1) is 17.1 Å². The Morgan fingerprint density at radius 2 is 1.80 bits per heavy atom. The van der Waals surface area contributed by atoms with Gasteiger partial charge in [0.1, 0.15) is 23.3 Å². The molecule has 3 aromatic rings. The molecule has 0 saturated heterocycles. The predicted octanol–water partition coefficient (Wildman–Crippen LogP) is 5.33. The van der Waals surface area contributed by atoms with Crippen LogP contribution in [0.4, 0.5) is 10.2 Å². The first kappa shape index (κ1) is 17.1. The van der Waals surface area contributed by atoms with Gasteiger partial charge in [-0.3, -0.25) is 0 Å². The summed E-state index contributed by atoms with van der Waals surface area (Å²) in [5.41, 5.74) is 10.4. The van der Waals surface area contributed by atoms with E-state index in [-0.39, 0.29) is 17.2 Å². The maximum atomic E-state index is 13.5. The van der Waals surface area contributed by atoms with E-state index in [1.165, 1.54) is 11.6 Å². The van der Waals surface area contributed by atoms with Crippen molar-refractivity contribution in [3.63, 3.8) is 0 Å². The minimum atomic E-state index is -0.361. The van der Waals surface area contributed by atoms with Crippen LogP contribution < -0.4 is 5.73 Å². The van der Waals surface area contributed by atoms with Gasteiger partial charge in [-0.05, 0) is 51.7 Å². The van der Waals surface area contributed by atoms with Gasteiger partial charge in [0, 0.05) is 11.1 Å². The average Bonchev–Trinajstić information content (AvgIpc) is 2.63. The number of hydrogen-bond donors (Lipinski definition) is 1. The Hall–Kier alpha value is -2.71. The number of rotatable bonds is 3. The molecule has 0 radical (unpaired) electrons. The summed E-state index contributed by atoms with van der Waals surface area (Å²) in [4.78, 5) is 4.37. The molecule has 0 saturated carbocycles. The van der Waals surface area contributed by atoms with E-state index in [2.05, 4.69) is 33.9 Å². The first-order valence-electron chi connectivity index (χ1n) is 7.78. The van der Waals surface area contributed by atoms with Gasteiger partial charge in [0.05, 0.1) is 10.2 Å². The highest BCUT2D eigenvalue weighted by molar-refractivity contribution is 9.10. The number of nitriles is 1. The molecular formula is C20H15BrFN3. The fourth-order valence-electron chi connectivity index (χ4n) is 2.63. The molecule has 0 aliphatic rings. The van der Waals surface area contributed by atoms with E-state index in [4.69, 9.17) is 5.73 Å². The van der Waals surface area contributed by atoms with Crippen molar-refractivity contribution < 1.29 is 4.39 Å². The molecule has 0 amide bonds. The predicted molar refractivity (Wildman–Crippen MR) is 101 cm³/mol. The Bertz CT molecular complexity index is 975. The summed E-state index contributed by atoms with van der Waals surface area (Å²) in [6, 6.07) is 16.6. The number of nitrogens with two attached hydrogens (primary N) is 1. The number of benzene rings is 2. The number of nitrogen functional groups attached to an aromatic ring is 1. The van der Waals surface area contributed by atoms with Gasteiger partial charge in [-0.15, -0.1) is 0 Å². The van der Waals surface area contributed by atoms with Crippen molar-refractivity contribution in [1.82, 2.24) is 4.98 Å². The SMILES string of the molecule is CCc1ccc(-c2cc(-c3ccc(F)c(Br)c3)c(C#N)c(N)n2)cc1. The fraction of sp³-hybridized carbons (Fsp3) is 0.100. The van der Waals surface area contributed by atoms with Crippen molar-refractivity contribution in [2.24, 2.45) is 0 Å². The van der Waals surface area contributed by atoms with Gasteiger partial charge in [-0.1, -0.05) is 37.3 Å². The van der Waals surface area contributed by atoms with Crippen LogP contribution in [0.2, 0.25) is 0 Å².